The highest BCUT2D eigenvalue weighted by molar-refractivity contribution is 6.33. The number of H-pyrrole nitrogens is 1. The largest absolute Gasteiger partial charge is 0.411 e. The van der Waals surface area contributed by atoms with Gasteiger partial charge in [-0.25, -0.2) is 14.5 Å². The van der Waals surface area contributed by atoms with E-state index in [1.807, 2.05) is 30.3 Å². The third kappa shape index (κ3) is 4.09. The molecule has 4 heterocycles. The van der Waals surface area contributed by atoms with E-state index in [0.717, 1.165) is 18.2 Å². The van der Waals surface area contributed by atoms with E-state index in [2.05, 4.69) is 31.9 Å². The molecule has 0 aliphatic heterocycles. The molecule has 0 atom stereocenters. The van der Waals surface area contributed by atoms with Gasteiger partial charge in [0.15, 0.2) is 5.82 Å². The lowest BCUT2D eigenvalue weighted by Gasteiger charge is -2.25. The van der Waals surface area contributed by atoms with Crippen molar-refractivity contribution >= 4 is 39.7 Å². The second kappa shape index (κ2) is 9.82. The summed E-state index contributed by atoms with van der Waals surface area (Å²) >= 11 is 6.34. The van der Waals surface area contributed by atoms with Crippen molar-refractivity contribution in [3.8, 4) is 5.69 Å². The average Bonchev–Trinajstić information content (AvgIpc) is 3.50. The van der Waals surface area contributed by atoms with Crippen LogP contribution < -0.4 is 10.5 Å². The van der Waals surface area contributed by atoms with E-state index in [9.17, 15) is 10.0 Å². The number of aromatic nitrogens is 6. The lowest BCUT2D eigenvalue weighted by Crippen LogP contribution is -2.33. The quantitative estimate of drug-likeness (QED) is 0.183. The molecule has 0 spiro atoms. The molecule has 0 saturated heterocycles. The molecule has 0 amide bonds. The molecule has 0 fully saturated rings. The molecule has 4 aromatic heterocycles. The van der Waals surface area contributed by atoms with Crippen LogP contribution in [0.5, 0.6) is 0 Å². The van der Waals surface area contributed by atoms with Crippen molar-refractivity contribution in [2.45, 2.75) is 33.2 Å². The Kier molecular flexibility index (Phi) is 6.43. The maximum atomic E-state index is 13.6. The Morgan fingerprint density at radius 3 is 2.78 bits per heavy atom. The number of nitrogens with zero attached hydrogens (tertiary/aromatic N) is 7. The van der Waals surface area contributed by atoms with Crippen LogP contribution in [0.4, 0.5) is 5.82 Å². The van der Waals surface area contributed by atoms with Gasteiger partial charge >= 0.3 is 0 Å². The number of oxime groups is 1. The Balaban J connectivity index is 1.71. The molecule has 2 N–H and O–H groups in total. The average molecular weight is 505 g/mol. The number of anilines is 1. The van der Waals surface area contributed by atoms with Crippen LogP contribution in [-0.2, 0) is 6.54 Å². The molecule has 0 aliphatic rings. The first-order valence-corrected chi connectivity index (χ1v) is 12.0. The van der Waals surface area contributed by atoms with Crippen molar-refractivity contribution in [3.63, 3.8) is 0 Å². The smallest absolute Gasteiger partial charge is 0.284 e. The molecule has 184 valence electrons. The van der Waals surface area contributed by atoms with Gasteiger partial charge in [0.25, 0.3) is 5.56 Å². The fourth-order valence-electron chi connectivity index (χ4n) is 4.33. The Morgan fingerprint density at radius 2 is 2.03 bits per heavy atom. The molecule has 0 unspecified atom stereocenters. The summed E-state index contributed by atoms with van der Waals surface area (Å²) in [5, 5.41) is 18.7. The number of rotatable bonds is 8. The molecule has 1 aromatic carbocycles. The number of fused-ring (bicyclic) bond motifs is 2. The van der Waals surface area contributed by atoms with Crippen molar-refractivity contribution < 1.29 is 5.21 Å². The Labute approximate surface area is 211 Å². The minimum absolute atomic E-state index is 0.255. The van der Waals surface area contributed by atoms with Gasteiger partial charge in [-0.3, -0.25) is 9.36 Å². The number of aromatic amines is 1. The zero-order valence-corrected chi connectivity index (χ0v) is 20.6. The molecular weight excluding hydrogens is 480 g/mol. The van der Waals surface area contributed by atoms with Gasteiger partial charge in [0.05, 0.1) is 28.4 Å². The molecule has 36 heavy (non-hydrogen) atoms. The predicted molar refractivity (Wildman–Crippen MR) is 140 cm³/mol. The van der Waals surface area contributed by atoms with Crippen LogP contribution in [0.3, 0.4) is 0 Å². The number of hydrogen-bond acceptors (Lipinski definition) is 7. The van der Waals surface area contributed by atoms with E-state index in [-0.39, 0.29) is 5.56 Å². The van der Waals surface area contributed by atoms with Gasteiger partial charge in [-0.05, 0) is 31.5 Å². The lowest BCUT2D eigenvalue weighted by atomic mass is 10.1. The Bertz CT molecular complexity index is 1620. The van der Waals surface area contributed by atoms with Gasteiger partial charge in [0.2, 0.25) is 0 Å². The fourth-order valence-corrected chi connectivity index (χ4v) is 4.55. The summed E-state index contributed by atoms with van der Waals surface area (Å²) in [6, 6.07) is 11.0. The number of nitrogens with one attached hydrogen (secondary N) is 1. The number of benzene rings is 1. The number of para-hydroxylation sites is 1. The molecule has 11 heteroatoms. The van der Waals surface area contributed by atoms with E-state index in [0.29, 0.717) is 57.9 Å². The van der Waals surface area contributed by atoms with Crippen molar-refractivity contribution in [1.82, 2.24) is 29.1 Å². The minimum Gasteiger partial charge on any atom is -0.411 e. The SMILES string of the molecule is CCCCN(Cc1nn2ccc(Cl)c2c(=O)n1-c1ccccc1)c1ncnc2[nH]cc(/C(C)=N/O)c12. The highest BCUT2D eigenvalue weighted by Crippen LogP contribution is 2.28. The van der Waals surface area contributed by atoms with Gasteiger partial charge in [-0.15, -0.1) is 0 Å². The first-order chi connectivity index (χ1) is 17.5. The topological polar surface area (TPSA) is 117 Å². The van der Waals surface area contributed by atoms with Gasteiger partial charge in [-0.1, -0.05) is 48.3 Å². The van der Waals surface area contributed by atoms with E-state index in [4.69, 9.17) is 16.7 Å². The second-order valence-electron chi connectivity index (χ2n) is 8.43. The molecule has 0 saturated carbocycles. The Morgan fingerprint density at radius 1 is 1.22 bits per heavy atom. The first-order valence-electron chi connectivity index (χ1n) is 11.6. The van der Waals surface area contributed by atoms with E-state index in [1.165, 1.54) is 10.8 Å². The highest BCUT2D eigenvalue weighted by Gasteiger charge is 2.22. The maximum absolute atomic E-state index is 13.6. The zero-order chi connectivity index (χ0) is 25.2. The van der Waals surface area contributed by atoms with Crippen LogP contribution in [0.2, 0.25) is 5.02 Å². The van der Waals surface area contributed by atoms with Gasteiger partial charge in [-0.2, -0.15) is 5.10 Å². The van der Waals surface area contributed by atoms with Crippen LogP contribution in [-0.4, -0.2) is 46.6 Å². The van der Waals surface area contributed by atoms with Gasteiger partial charge in [0, 0.05) is 24.5 Å². The molecule has 0 bridgehead atoms. The van der Waals surface area contributed by atoms with Gasteiger partial charge in [0.1, 0.15) is 23.3 Å². The summed E-state index contributed by atoms with van der Waals surface area (Å²) in [4.78, 5) is 27.8. The predicted octanol–water partition coefficient (Wildman–Crippen LogP) is 4.41. The van der Waals surface area contributed by atoms with E-state index in [1.54, 1.807) is 30.0 Å². The lowest BCUT2D eigenvalue weighted by molar-refractivity contribution is 0.319. The highest BCUT2D eigenvalue weighted by atomic mass is 35.5. The molecular formula is C25H25ClN8O2. The van der Waals surface area contributed by atoms with E-state index < -0.39 is 0 Å². The molecule has 5 aromatic rings. The standard InChI is InChI=1S/C25H25ClN8O2/c1-3-4-11-32(24-21-18(16(2)31-36)13-27-23(21)28-15-29-24)14-20-30-33-12-10-19(26)22(33)25(35)34(20)17-8-6-5-7-9-17/h5-10,12-13,15,36H,3-4,11,14H2,1-2H3,(H,27,28,29)/b31-16+. The summed E-state index contributed by atoms with van der Waals surface area (Å²) < 4.78 is 3.12. The number of hydrogen-bond donors (Lipinski definition) is 2. The summed E-state index contributed by atoms with van der Waals surface area (Å²) in [5.41, 5.74) is 2.52. The second-order valence-corrected chi connectivity index (χ2v) is 8.84. The summed E-state index contributed by atoms with van der Waals surface area (Å²) in [6.07, 6.45) is 6.79. The Hall–Kier alpha value is -4.18. The zero-order valence-electron chi connectivity index (χ0n) is 19.9. The van der Waals surface area contributed by atoms with Gasteiger partial charge < -0.3 is 15.1 Å². The molecule has 10 nitrogen and oxygen atoms in total. The first kappa shape index (κ1) is 23.6. The van der Waals surface area contributed by atoms with Crippen LogP contribution in [0.25, 0.3) is 22.2 Å². The van der Waals surface area contributed by atoms with Crippen LogP contribution in [0.1, 0.15) is 38.1 Å². The number of halogens is 1. The van der Waals surface area contributed by atoms with Crippen molar-refractivity contribution in [2.24, 2.45) is 5.16 Å². The van der Waals surface area contributed by atoms with Crippen molar-refractivity contribution in [3.05, 3.63) is 81.9 Å². The summed E-state index contributed by atoms with van der Waals surface area (Å²) in [7, 11) is 0. The number of unbranched alkanes of at least 4 members (excludes halogenated alkanes) is 1. The molecule has 5 rings (SSSR count). The van der Waals surface area contributed by atoms with Crippen LogP contribution in [0.15, 0.2) is 65.1 Å². The summed E-state index contributed by atoms with van der Waals surface area (Å²) in [6.45, 7) is 4.79. The fraction of sp³-hybridized carbons (Fsp3) is 0.240. The third-order valence-corrected chi connectivity index (χ3v) is 6.43. The summed E-state index contributed by atoms with van der Waals surface area (Å²) in [5.74, 6) is 1.19. The van der Waals surface area contributed by atoms with Crippen molar-refractivity contribution in [2.75, 3.05) is 11.4 Å². The maximum Gasteiger partial charge on any atom is 0.284 e. The van der Waals surface area contributed by atoms with Crippen LogP contribution >= 0.6 is 11.6 Å². The van der Waals surface area contributed by atoms with E-state index >= 15 is 0 Å². The normalized spacial score (nSPS) is 12.0. The monoisotopic (exact) mass is 504 g/mol. The molecule has 0 aliphatic carbocycles. The minimum atomic E-state index is -0.255. The van der Waals surface area contributed by atoms with Crippen LogP contribution in [0, 0.1) is 0 Å². The van der Waals surface area contributed by atoms with Crippen molar-refractivity contribution in [1.29, 1.82) is 0 Å². The molecule has 0 radical (unpaired) electrons. The third-order valence-electron chi connectivity index (χ3n) is 6.12.